The highest BCUT2D eigenvalue weighted by molar-refractivity contribution is 5.95. The van der Waals surface area contributed by atoms with E-state index < -0.39 is 65.8 Å². The lowest BCUT2D eigenvalue weighted by Crippen LogP contribution is -2.59. The third-order valence-electron chi connectivity index (χ3n) is 6.05. The van der Waals surface area contributed by atoms with Crippen molar-refractivity contribution in [2.45, 2.75) is 137 Å². The minimum atomic E-state index is -1.40. The lowest BCUT2D eigenvalue weighted by Gasteiger charge is -2.40. The van der Waals surface area contributed by atoms with Crippen molar-refractivity contribution < 1.29 is 57.1 Å². The van der Waals surface area contributed by atoms with Crippen LogP contribution in [0, 0.1) is 0 Å². The maximum absolute atomic E-state index is 13.4. The molecule has 4 atom stereocenters. The van der Waals surface area contributed by atoms with Crippen molar-refractivity contribution in [2.75, 3.05) is 11.9 Å². The van der Waals surface area contributed by atoms with Gasteiger partial charge in [0.05, 0.1) is 6.61 Å². The highest BCUT2D eigenvalue weighted by Crippen LogP contribution is 2.32. The van der Waals surface area contributed by atoms with Gasteiger partial charge in [0.1, 0.15) is 22.5 Å². The fraction of sp³-hybridized carbons (Fsp3) is 0.667. The zero-order valence-electron chi connectivity index (χ0n) is 28.4. The van der Waals surface area contributed by atoms with E-state index in [9.17, 15) is 24.0 Å². The van der Waals surface area contributed by atoms with Gasteiger partial charge in [-0.25, -0.2) is 9.59 Å². The first-order chi connectivity index (χ1) is 21.5. The number of hydrogen-bond acceptors (Lipinski definition) is 12. The molecule has 0 unspecified atom stereocenters. The molecule has 258 valence electrons. The van der Waals surface area contributed by atoms with Crippen molar-refractivity contribution in [2.24, 2.45) is 0 Å². The van der Waals surface area contributed by atoms with Crippen LogP contribution in [0.25, 0.3) is 0 Å². The average Bonchev–Trinajstić information content (AvgIpc) is 2.91. The molecule has 0 saturated carbocycles. The number of benzene rings is 1. The Morgan fingerprint density at radius 1 is 0.761 bits per heavy atom. The quantitative estimate of drug-likeness (QED) is 0.200. The fourth-order valence-electron chi connectivity index (χ4n) is 4.22. The Kier molecular flexibility index (Phi) is 14.3. The van der Waals surface area contributed by atoms with E-state index in [1.165, 1.54) is 18.2 Å². The summed E-state index contributed by atoms with van der Waals surface area (Å²) in [6, 6.07) is 4.23. The molecule has 0 bridgehead atoms. The van der Waals surface area contributed by atoms with Crippen LogP contribution in [0.5, 0.6) is 5.75 Å². The van der Waals surface area contributed by atoms with E-state index in [4.69, 9.17) is 33.2 Å². The molecule has 1 fully saturated rings. The van der Waals surface area contributed by atoms with E-state index in [0.29, 0.717) is 19.3 Å². The van der Waals surface area contributed by atoms with Gasteiger partial charge in [-0.2, -0.15) is 0 Å². The van der Waals surface area contributed by atoms with Gasteiger partial charge in [-0.15, -0.1) is 0 Å². The van der Waals surface area contributed by atoms with Crippen LogP contribution in [0.15, 0.2) is 18.2 Å². The van der Waals surface area contributed by atoms with Crippen LogP contribution in [-0.4, -0.2) is 72.4 Å². The summed E-state index contributed by atoms with van der Waals surface area (Å²) in [5, 5.41) is 2.58. The van der Waals surface area contributed by atoms with Gasteiger partial charge in [0, 0.05) is 24.9 Å². The molecular formula is C33H49NO12. The second kappa shape index (κ2) is 17.2. The van der Waals surface area contributed by atoms with Crippen molar-refractivity contribution >= 4 is 35.7 Å². The van der Waals surface area contributed by atoms with Gasteiger partial charge in [0.2, 0.25) is 12.4 Å². The molecule has 1 amide bonds. The number of nitrogens with one attached hydrogen (secondary N) is 1. The Labute approximate surface area is 270 Å². The number of esters is 4. The molecule has 13 heteroatoms. The fourth-order valence-corrected chi connectivity index (χ4v) is 4.22. The van der Waals surface area contributed by atoms with E-state index in [2.05, 4.69) is 5.32 Å². The van der Waals surface area contributed by atoms with Crippen LogP contribution in [0.4, 0.5) is 10.5 Å². The van der Waals surface area contributed by atoms with Gasteiger partial charge < -0.3 is 33.2 Å². The average molecular weight is 652 g/mol. The number of carbonyl (C=O) groups is 5. The first-order valence-electron chi connectivity index (χ1n) is 15.7. The molecule has 1 aliphatic heterocycles. The monoisotopic (exact) mass is 651 g/mol. The van der Waals surface area contributed by atoms with Gasteiger partial charge in [-0.1, -0.05) is 20.8 Å². The summed E-state index contributed by atoms with van der Waals surface area (Å²) >= 11 is 0. The van der Waals surface area contributed by atoms with Crippen molar-refractivity contribution in [1.82, 2.24) is 0 Å². The number of rotatable bonds is 13. The predicted molar refractivity (Wildman–Crippen MR) is 166 cm³/mol. The Hall–Kier alpha value is -3.87. The standard InChI is InChI=1S/C33H49NO12/c1-10-13-24(35)41-23-19-40-30(28(44-26(37)15-12-3)27(23)43-25(36)14-11-2)42-22-17-16-20(34-31(39)46-33(7,8)9)18-21(22)29(38)45-32(4,5)6/h16-18,23,27-28,30H,10-15,19H2,1-9H3,(H,34,39)/t23-,27+,28-,30+/m1/s1. The van der Waals surface area contributed by atoms with Gasteiger partial charge in [0.25, 0.3) is 0 Å². The topological polar surface area (TPSA) is 162 Å². The zero-order chi connectivity index (χ0) is 34.7. The molecule has 0 aromatic heterocycles. The number of carbonyl (C=O) groups excluding carboxylic acids is 5. The van der Waals surface area contributed by atoms with Gasteiger partial charge >= 0.3 is 30.0 Å². The number of hydrogen-bond donors (Lipinski definition) is 1. The van der Waals surface area contributed by atoms with E-state index in [1.54, 1.807) is 55.4 Å². The van der Waals surface area contributed by atoms with E-state index >= 15 is 0 Å². The molecule has 0 spiro atoms. The van der Waals surface area contributed by atoms with Crippen LogP contribution >= 0.6 is 0 Å². The van der Waals surface area contributed by atoms with Crippen LogP contribution in [0.2, 0.25) is 0 Å². The minimum Gasteiger partial charge on any atom is -0.460 e. The molecule has 0 aliphatic carbocycles. The van der Waals surface area contributed by atoms with Crippen molar-refractivity contribution in [3.05, 3.63) is 23.8 Å². The summed E-state index contributed by atoms with van der Waals surface area (Å²) in [6.45, 7) is 15.4. The summed E-state index contributed by atoms with van der Waals surface area (Å²) in [5.74, 6) is -2.56. The Balaban J connectivity index is 2.54. The smallest absolute Gasteiger partial charge is 0.412 e. The second-order valence-electron chi connectivity index (χ2n) is 12.8. The third-order valence-corrected chi connectivity index (χ3v) is 6.05. The van der Waals surface area contributed by atoms with E-state index in [0.717, 1.165) is 0 Å². The van der Waals surface area contributed by atoms with Gasteiger partial charge in [0.15, 0.2) is 12.2 Å². The first-order valence-corrected chi connectivity index (χ1v) is 15.7. The normalized spacial score (nSPS) is 19.8. The summed E-state index contributed by atoms with van der Waals surface area (Å²) < 4.78 is 40.0. The molecule has 1 aromatic rings. The number of amides is 1. The first kappa shape index (κ1) is 38.3. The highest BCUT2D eigenvalue weighted by Gasteiger charge is 2.49. The van der Waals surface area contributed by atoms with Gasteiger partial charge in [-0.3, -0.25) is 19.7 Å². The molecule has 1 saturated heterocycles. The molecule has 13 nitrogen and oxygen atoms in total. The Bertz CT molecular complexity index is 1220. The van der Waals surface area contributed by atoms with Crippen LogP contribution < -0.4 is 10.1 Å². The molecule has 1 aromatic carbocycles. The lowest BCUT2D eigenvalue weighted by atomic mass is 10.0. The maximum atomic E-state index is 13.4. The summed E-state index contributed by atoms with van der Waals surface area (Å²) in [4.78, 5) is 63.7. The van der Waals surface area contributed by atoms with Crippen molar-refractivity contribution in [3.8, 4) is 5.75 Å². The molecule has 1 aliphatic rings. The number of anilines is 1. The summed E-state index contributed by atoms with van der Waals surface area (Å²) in [5.41, 5.74) is -1.51. The molecule has 0 radical (unpaired) electrons. The van der Waals surface area contributed by atoms with Crippen LogP contribution in [-0.2, 0) is 42.8 Å². The van der Waals surface area contributed by atoms with Crippen LogP contribution in [0.3, 0.4) is 0 Å². The SMILES string of the molecule is CCCC(=O)O[C@@H]1[C@@H](OC(=O)CCC)[C@H](Oc2ccc(NC(=O)OC(C)(C)C)cc2C(=O)OC(C)(C)C)OC[C@H]1OC(=O)CCC. The lowest BCUT2D eigenvalue weighted by molar-refractivity contribution is -0.261. The van der Waals surface area contributed by atoms with Crippen molar-refractivity contribution in [3.63, 3.8) is 0 Å². The molecule has 1 heterocycles. The highest BCUT2D eigenvalue weighted by atomic mass is 16.7. The Morgan fingerprint density at radius 2 is 1.28 bits per heavy atom. The third kappa shape index (κ3) is 12.9. The summed E-state index contributed by atoms with van der Waals surface area (Å²) in [6.07, 6.45) is -4.14. The van der Waals surface area contributed by atoms with Gasteiger partial charge in [-0.05, 0) is 79.0 Å². The minimum absolute atomic E-state index is 0.0365. The largest absolute Gasteiger partial charge is 0.460 e. The predicted octanol–water partition coefficient (Wildman–Crippen LogP) is 5.86. The van der Waals surface area contributed by atoms with E-state index in [-0.39, 0.29) is 42.9 Å². The molecule has 2 rings (SSSR count). The summed E-state index contributed by atoms with van der Waals surface area (Å²) in [7, 11) is 0. The molecular weight excluding hydrogens is 602 g/mol. The van der Waals surface area contributed by atoms with E-state index in [1.807, 2.05) is 6.92 Å². The van der Waals surface area contributed by atoms with Crippen LogP contribution in [0.1, 0.15) is 111 Å². The zero-order valence-corrected chi connectivity index (χ0v) is 28.4. The second-order valence-corrected chi connectivity index (χ2v) is 12.8. The van der Waals surface area contributed by atoms with Crippen molar-refractivity contribution in [1.29, 1.82) is 0 Å². The Morgan fingerprint density at radius 3 is 1.80 bits per heavy atom. The molecule has 1 N–H and O–H groups in total. The number of ether oxygens (including phenoxy) is 7. The molecule has 46 heavy (non-hydrogen) atoms. The maximum Gasteiger partial charge on any atom is 0.412 e.